The van der Waals surface area contributed by atoms with Crippen molar-refractivity contribution in [1.82, 2.24) is 5.32 Å². The Hall–Kier alpha value is -0.0600. The molecular formula is C11H15BrClNOS. The molecule has 1 atom stereocenters. The Labute approximate surface area is 114 Å². The molecule has 2 nitrogen and oxygen atoms in total. The van der Waals surface area contributed by atoms with Crippen LogP contribution in [-0.4, -0.2) is 18.3 Å². The molecule has 0 aromatic carbocycles. The summed E-state index contributed by atoms with van der Waals surface area (Å²) in [5, 5.41) is 2.92. The topological polar surface area (TPSA) is 29.1 Å². The zero-order valence-electron chi connectivity index (χ0n) is 9.35. The average Bonchev–Trinajstić information content (AvgIpc) is 2.56. The van der Waals surface area contributed by atoms with E-state index >= 15 is 0 Å². The minimum Gasteiger partial charge on any atom is -0.351 e. The number of hydrogen-bond donors (Lipinski definition) is 1. The van der Waals surface area contributed by atoms with E-state index in [-0.39, 0.29) is 5.91 Å². The van der Waals surface area contributed by atoms with Gasteiger partial charge in [-0.2, -0.15) is 0 Å². The summed E-state index contributed by atoms with van der Waals surface area (Å²) in [6.07, 6.45) is 0.926. The highest BCUT2D eigenvalue weighted by Gasteiger charge is 2.11. The fourth-order valence-electron chi connectivity index (χ4n) is 1.21. The van der Waals surface area contributed by atoms with Crippen LogP contribution in [0.2, 0.25) is 0 Å². The molecule has 0 aliphatic rings. The van der Waals surface area contributed by atoms with E-state index in [1.54, 1.807) is 0 Å². The molecule has 1 amide bonds. The molecule has 0 fully saturated rings. The molecule has 1 unspecified atom stereocenters. The first-order chi connectivity index (χ1) is 7.54. The van der Waals surface area contributed by atoms with Crippen LogP contribution in [0.5, 0.6) is 0 Å². The van der Waals surface area contributed by atoms with Crippen molar-refractivity contribution in [3.8, 4) is 0 Å². The summed E-state index contributed by atoms with van der Waals surface area (Å²) in [6, 6.07) is 1.90. The van der Waals surface area contributed by atoms with Crippen LogP contribution in [-0.2, 0) is 0 Å². The molecule has 0 spiro atoms. The lowest BCUT2D eigenvalue weighted by Gasteiger charge is -2.09. The fraction of sp³-hybridized carbons (Fsp3) is 0.545. The number of alkyl halides is 1. The Balaban J connectivity index is 2.46. The summed E-state index contributed by atoms with van der Waals surface area (Å²) in [5.74, 6) is 1.06. The van der Waals surface area contributed by atoms with E-state index in [1.165, 1.54) is 11.3 Å². The maximum atomic E-state index is 11.8. The molecule has 1 heterocycles. The number of thiophene rings is 1. The number of carbonyl (C=O) groups excluding carboxylic acids is 1. The second kappa shape index (κ2) is 6.62. The van der Waals surface area contributed by atoms with Crippen molar-refractivity contribution in [2.24, 2.45) is 5.92 Å². The van der Waals surface area contributed by atoms with Gasteiger partial charge in [-0.25, -0.2) is 0 Å². The zero-order chi connectivity index (χ0) is 12.1. The molecule has 5 heteroatoms. The summed E-state index contributed by atoms with van der Waals surface area (Å²) >= 11 is 10.5. The lowest BCUT2D eigenvalue weighted by atomic mass is 10.1. The van der Waals surface area contributed by atoms with Gasteiger partial charge in [-0.15, -0.1) is 22.9 Å². The van der Waals surface area contributed by atoms with Crippen LogP contribution in [0.15, 0.2) is 9.85 Å². The van der Waals surface area contributed by atoms with Crippen LogP contribution in [0.3, 0.4) is 0 Å². The standard InChI is InChI=1S/C11H15BrClNOS/c1-7(3-4-13)6-14-11(15)9-5-8(2)10(12)16-9/h5,7H,3-4,6H2,1-2H3,(H,14,15). The van der Waals surface area contributed by atoms with E-state index in [4.69, 9.17) is 11.6 Å². The van der Waals surface area contributed by atoms with Gasteiger partial charge in [0.1, 0.15) is 0 Å². The van der Waals surface area contributed by atoms with Crippen molar-refractivity contribution in [1.29, 1.82) is 0 Å². The van der Waals surface area contributed by atoms with E-state index in [0.29, 0.717) is 18.3 Å². The lowest BCUT2D eigenvalue weighted by molar-refractivity contribution is 0.0952. The largest absolute Gasteiger partial charge is 0.351 e. The number of carbonyl (C=O) groups is 1. The Kier molecular flexibility index (Phi) is 5.79. The SMILES string of the molecule is Cc1cc(C(=O)NCC(C)CCCl)sc1Br. The van der Waals surface area contributed by atoms with Crippen LogP contribution in [0.4, 0.5) is 0 Å². The molecule has 0 saturated heterocycles. The van der Waals surface area contributed by atoms with Gasteiger partial charge >= 0.3 is 0 Å². The molecule has 0 aliphatic carbocycles. The maximum Gasteiger partial charge on any atom is 0.261 e. The number of rotatable bonds is 5. The monoisotopic (exact) mass is 323 g/mol. The van der Waals surface area contributed by atoms with Crippen molar-refractivity contribution in [2.45, 2.75) is 20.3 Å². The van der Waals surface area contributed by atoms with Crippen LogP contribution in [0.1, 0.15) is 28.6 Å². The molecule has 90 valence electrons. The highest BCUT2D eigenvalue weighted by atomic mass is 79.9. The van der Waals surface area contributed by atoms with Crippen molar-refractivity contribution in [3.05, 3.63) is 20.3 Å². The van der Waals surface area contributed by atoms with E-state index in [0.717, 1.165) is 20.6 Å². The third kappa shape index (κ3) is 4.07. The molecule has 1 aromatic heterocycles. The number of aryl methyl sites for hydroxylation is 1. The number of amides is 1. The Morgan fingerprint density at radius 2 is 2.38 bits per heavy atom. The van der Waals surface area contributed by atoms with Crippen LogP contribution in [0, 0.1) is 12.8 Å². The molecule has 0 radical (unpaired) electrons. The maximum absolute atomic E-state index is 11.8. The molecule has 1 rings (SSSR count). The van der Waals surface area contributed by atoms with E-state index < -0.39 is 0 Å². The van der Waals surface area contributed by atoms with E-state index in [2.05, 4.69) is 28.2 Å². The van der Waals surface area contributed by atoms with Crippen molar-refractivity contribution in [3.63, 3.8) is 0 Å². The first kappa shape index (κ1) is 14.0. The van der Waals surface area contributed by atoms with Gasteiger partial charge < -0.3 is 5.32 Å². The second-order valence-corrected chi connectivity index (χ2v) is 6.61. The second-order valence-electron chi connectivity index (χ2n) is 3.86. The molecule has 0 aliphatic heterocycles. The molecule has 1 aromatic rings. The average molecular weight is 325 g/mol. The molecule has 0 bridgehead atoms. The van der Waals surface area contributed by atoms with Crippen molar-refractivity contribution in [2.75, 3.05) is 12.4 Å². The van der Waals surface area contributed by atoms with Crippen LogP contribution < -0.4 is 5.32 Å². The molecule has 0 saturated carbocycles. The molecular weight excluding hydrogens is 310 g/mol. The molecule has 16 heavy (non-hydrogen) atoms. The summed E-state index contributed by atoms with van der Waals surface area (Å²) in [4.78, 5) is 12.5. The van der Waals surface area contributed by atoms with E-state index in [1.807, 2.05) is 13.0 Å². The van der Waals surface area contributed by atoms with Crippen LogP contribution in [0.25, 0.3) is 0 Å². The Morgan fingerprint density at radius 3 is 2.88 bits per heavy atom. The summed E-state index contributed by atoms with van der Waals surface area (Å²) in [6.45, 7) is 4.74. The highest BCUT2D eigenvalue weighted by molar-refractivity contribution is 9.11. The Morgan fingerprint density at radius 1 is 1.69 bits per heavy atom. The van der Waals surface area contributed by atoms with Gasteiger partial charge in [0.2, 0.25) is 0 Å². The first-order valence-electron chi connectivity index (χ1n) is 5.14. The molecule has 1 N–H and O–H groups in total. The van der Waals surface area contributed by atoms with E-state index in [9.17, 15) is 4.79 Å². The van der Waals surface area contributed by atoms with Gasteiger partial charge in [-0.05, 0) is 46.8 Å². The first-order valence-corrected chi connectivity index (χ1v) is 7.29. The third-order valence-electron chi connectivity index (χ3n) is 2.29. The van der Waals surface area contributed by atoms with Gasteiger partial charge in [0.25, 0.3) is 5.91 Å². The Bertz CT molecular complexity index is 347. The van der Waals surface area contributed by atoms with Gasteiger partial charge in [0.15, 0.2) is 0 Å². The highest BCUT2D eigenvalue weighted by Crippen LogP contribution is 2.27. The lowest BCUT2D eigenvalue weighted by Crippen LogP contribution is -2.27. The van der Waals surface area contributed by atoms with Gasteiger partial charge in [0, 0.05) is 12.4 Å². The fourth-order valence-corrected chi connectivity index (χ4v) is 3.04. The summed E-state index contributed by atoms with van der Waals surface area (Å²) in [5.41, 5.74) is 1.10. The van der Waals surface area contributed by atoms with Crippen molar-refractivity contribution < 1.29 is 4.79 Å². The minimum absolute atomic E-state index is 0.000206. The summed E-state index contributed by atoms with van der Waals surface area (Å²) in [7, 11) is 0. The summed E-state index contributed by atoms with van der Waals surface area (Å²) < 4.78 is 1.02. The quantitative estimate of drug-likeness (QED) is 0.820. The smallest absolute Gasteiger partial charge is 0.261 e. The number of nitrogens with one attached hydrogen (secondary N) is 1. The minimum atomic E-state index is 0.000206. The number of halogens is 2. The normalized spacial score (nSPS) is 12.5. The van der Waals surface area contributed by atoms with Crippen molar-refractivity contribution >= 4 is 44.8 Å². The number of hydrogen-bond acceptors (Lipinski definition) is 2. The predicted octanol–water partition coefficient (Wildman–Crippen LogP) is 3.81. The third-order valence-corrected chi connectivity index (χ3v) is 4.65. The van der Waals surface area contributed by atoms with Gasteiger partial charge in [-0.3, -0.25) is 4.79 Å². The zero-order valence-corrected chi connectivity index (χ0v) is 12.5. The van der Waals surface area contributed by atoms with Gasteiger partial charge in [-0.1, -0.05) is 6.92 Å². The van der Waals surface area contributed by atoms with Gasteiger partial charge in [0.05, 0.1) is 8.66 Å². The van der Waals surface area contributed by atoms with Crippen LogP contribution >= 0.6 is 38.9 Å². The predicted molar refractivity (Wildman–Crippen MR) is 73.6 cm³/mol.